The van der Waals surface area contributed by atoms with Gasteiger partial charge in [0.15, 0.2) is 0 Å². The van der Waals surface area contributed by atoms with E-state index in [1.165, 1.54) is 5.56 Å². The van der Waals surface area contributed by atoms with Crippen LogP contribution in [0.4, 0.5) is 0 Å². The predicted octanol–water partition coefficient (Wildman–Crippen LogP) is 2.78. The van der Waals surface area contributed by atoms with E-state index >= 15 is 0 Å². The Morgan fingerprint density at radius 2 is 2.08 bits per heavy atom. The van der Waals surface area contributed by atoms with Crippen LogP contribution in [0.1, 0.15) is 32.8 Å². The Bertz CT molecular complexity index is 264. The largest absolute Gasteiger partial charge is 0.481 e. The fourth-order valence-electron chi connectivity index (χ4n) is 1.11. The van der Waals surface area contributed by atoms with E-state index in [0.29, 0.717) is 5.88 Å². The Balaban J connectivity index is 2.92. The van der Waals surface area contributed by atoms with Gasteiger partial charge in [-0.2, -0.15) is 0 Å². The zero-order valence-corrected chi connectivity index (χ0v) is 8.79. The molecule has 2 heteroatoms. The number of rotatable bonds is 3. The molecular formula is C11H17NO. The summed E-state index contributed by atoms with van der Waals surface area (Å²) in [4.78, 5) is 4.19. The van der Waals surface area contributed by atoms with Gasteiger partial charge in [0.25, 0.3) is 0 Å². The number of aromatic nitrogens is 1. The van der Waals surface area contributed by atoms with Gasteiger partial charge in [-0.15, -0.1) is 0 Å². The second kappa shape index (κ2) is 3.77. The van der Waals surface area contributed by atoms with E-state index in [-0.39, 0.29) is 5.41 Å². The third-order valence-corrected chi connectivity index (χ3v) is 2.61. The average molecular weight is 179 g/mol. The number of hydrogen-bond donors (Lipinski definition) is 0. The van der Waals surface area contributed by atoms with Gasteiger partial charge in [-0.1, -0.05) is 26.8 Å². The highest BCUT2D eigenvalue weighted by molar-refractivity contribution is 5.24. The van der Waals surface area contributed by atoms with E-state index in [4.69, 9.17) is 4.74 Å². The molecule has 0 amide bonds. The minimum atomic E-state index is 0.208. The minimum absolute atomic E-state index is 0.208. The van der Waals surface area contributed by atoms with E-state index < -0.39 is 0 Å². The second-order valence-electron chi connectivity index (χ2n) is 3.83. The molecule has 0 radical (unpaired) electrons. The summed E-state index contributed by atoms with van der Waals surface area (Å²) in [7, 11) is 1.63. The maximum atomic E-state index is 5.00. The highest BCUT2D eigenvalue weighted by Gasteiger charge is 2.17. The summed E-state index contributed by atoms with van der Waals surface area (Å²) < 4.78 is 5.00. The van der Waals surface area contributed by atoms with E-state index in [0.717, 1.165) is 6.42 Å². The van der Waals surface area contributed by atoms with E-state index in [9.17, 15) is 0 Å². The van der Waals surface area contributed by atoms with Crippen molar-refractivity contribution in [2.75, 3.05) is 7.11 Å². The van der Waals surface area contributed by atoms with Crippen molar-refractivity contribution < 1.29 is 4.74 Å². The molecule has 0 atom stereocenters. The van der Waals surface area contributed by atoms with Crippen molar-refractivity contribution >= 4 is 0 Å². The van der Waals surface area contributed by atoms with Crippen LogP contribution in [0.15, 0.2) is 18.3 Å². The zero-order valence-electron chi connectivity index (χ0n) is 8.79. The zero-order chi connectivity index (χ0) is 9.90. The molecule has 0 aliphatic rings. The third kappa shape index (κ3) is 2.20. The molecule has 0 aromatic carbocycles. The number of hydrogen-bond acceptors (Lipinski definition) is 2. The van der Waals surface area contributed by atoms with Crippen molar-refractivity contribution in [3.63, 3.8) is 0 Å². The van der Waals surface area contributed by atoms with Gasteiger partial charge in [0, 0.05) is 12.3 Å². The van der Waals surface area contributed by atoms with Crippen LogP contribution in [-0.4, -0.2) is 12.1 Å². The average Bonchev–Trinajstić information content (AvgIpc) is 2.18. The Morgan fingerprint density at radius 1 is 1.38 bits per heavy atom. The summed E-state index contributed by atoms with van der Waals surface area (Å²) in [6.07, 6.45) is 3.00. The molecule has 1 heterocycles. The van der Waals surface area contributed by atoms with Crippen LogP contribution in [0.25, 0.3) is 0 Å². The first-order valence-electron chi connectivity index (χ1n) is 4.60. The van der Waals surface area contributed by atoms with E-state index in [2.05, 4.69) is 31.8 Å². The Labute approximate surface area is 80.0 Å². The van der Waals surface area contributed by atoms with Gasteiger partial charge >= 0.3 is 0 Å². The van der Waals surface area contributed by atoms with Crippen molar-refractivity contribution in [3.05, 3.63) is 23.9 Å². The van der Waals surface area contributed by atoms with Gasteiger partial charge in [-0.05, 0) is 17.4 Å². The van der Waals surface area contributed by atoms with Crippen LogP contribution in [0.2, 0.25) is 0 Å². The lowest BCUT2D eigenvalue weighted by Crippen LogP contribution is -2.15. The van der Waals surface area contributed by atoms with Crippen molar-refractivity contribution in [1.82, 2.24) is 4.98 Å². The third-order valence-electron chi connectivity index (χ3n) is 2.61. The highest BCUT2D eigenvalue weighted by atomic mass is 16.5. The molecule has 0 bridgehead atoms. The molecule has 1 aromatic heterocycles. The monoisotopic (exact) mass is 179 g/mol. The molecule has 72 valence electrons. The van der Waals surface area contributed by atoms with E-state index in [1.54, 1.807) is 7.11 Å². The van der Waals surface area contributed by atoms with Crippen LogP contribution in [0, 0.1) is 0 Å². The molecule has 1 aromatic rings. The first-order valence-corrected chi connectivity index (χ1v) is 4.60. The van der Waals surface area contributed by atoms with Crippen molar-refractivity contribution in [1.29, 1.82) is 0 Å². The summed E-state index contributed by atoms with van der Waals surface area (Å²) >= 11 is 0. The molecule has 13 heavy (non-hydrogen) atoms. The first-order chi connectivity index (χ1) is 6.10. The summed E-state index contributed by atoms with van der Waals surface area (Å²) in [6.45, 7) is 6.62. The predicted molar refractivity (Wildman–Crippen MR) is 54.1 cm³/mol. The molecule has 0 saturated carbocycles. The lowest BCUT2D eigenvalue weighted by Gasteiger charge is -2.22. The Morgan fingerprint density at radius 3 is 2.46 bits per heavy atom. The van der Waals surface area contributed by atoms with Crippen molar-refractivity contribution in [2.24, 2.45) is 0 Å². The maximum absolute atomic E-state index is 5.00. The summed E-state index contributed by atoms with van der Waals surface area (Å²) in [6, 6.07) is 3.99. The fourth-order valence-corrected chi connectivity index (χ4v) is 1.11. The van der Waals surface area contributed by atoms with Crippen LogP contribution in [0.5, 0.6) is 5.88 Å². The SMILES string of the molecule is CCC(C)(C)c1ccc(OC)nc1. The first kappa shape index (κ1) is 10.0. The maximum Gasteiger partial charge on any atom is 0.212 e. The standard InChI is InChI=1S/C11H17NO/c1-5-11(2,3)9-6-7-10(13-4)12-8-9/h6-8H,5H2,1-4H3. The van der Waals surface area contributed by atoms with Gasteiger partial charge in [0.1, 0.15) is 0 Å². The molecule has 0 N–H and O–H groups in total. The quantitative estimate of drug-likeness (QED) is 0.711. The van der Waals surface area contributed by atoms with Crippen LogP contribution < -0.4 is 4.74 Å². The molecule has 1 rings (SSSR count). The molecule has 2 nitrogen and oxygen atoms in total. The summed E-state index contributed by atoms with van der Waals surface area (Å²) in [5, 5.41) is 0. The van der Waals surface area contributed by atoms with Crippen LogP contribution in [-0.2, 0) is 5.41 Å². The Hall–Kier alpha value is -1.05. The fraction of sp³-hybridized carbons (Fsp3) is 0.545. The van der Waals surface area contributed by atoms with Crippen molar-refractivity contribution in [2.45, 2.75) is 32.6 Å². The van der Waals surface area contributed by atoms with Gasteiger partial charge < -0.3 is 4.74 Å². The number of methoxy groups -OCH3 is 1. The van der Waals surface area contributed by atoms with E-state index in [1.807, 2.05) is 12.3 Å². The number of pyridine rings is 1. The van der Waals surface area contributed by atoms with Gasteiger partial charge in [-0.3, -0.25) is 0 Å². The second-order valence-corrected chi connectivity index (χ2v) is 3.83. The van der Waals surface area contributed by atoms with Gasteiger partial charge in [0.05, 0.1) is 7.11 Å². The highest BCUT2D eigenvalue weighted by Crippen LogP contribution is 2.26. The molecule has 0 fully saturated rings. The normalized spacial score (nSPS) is 11.4. The molecule has 0 unspecified atom stereocenters. The molecule has 0 spiro atoms. The molecule has 0 aliphatic heterocycles. The van der Waals surface area contributed by atoms with Crippen LogP contribution in [0.3, 0.4) is 0 Å². The molecular weight excluding hydrogens is 162 g/mol. The van der Waals surface area contributed by atoms with Gasteiger partial charge in [0.2, 0.25) is 5.88 Å². The molecule has 0 saturated heterocycles. The van der Waals surface area contributed by atoms with Crippen molar-refractivity contribution in [3.8, 4) is 5.88 Å². The summed E-state index contributed by atoms with van der Waals surface area (Å²) in [5.74, 6) is 0.677. The Kier molecular flexibility index (Phi) is 2.91. The minimum Gasteiger partial charge on any atom is -0.481 e. The lowest BCUT2D eigenvalue weighted by molar-refractivity contribution is 0.396. The van der Waals surface area contributed by atoms with Gasteiger partial charge in [-0.25, -0.2) is 4.98 Å². The lowest BCUT2D eigenvalue weighted by atomic mass is 9.83. The summed E-state index contributed by atoms with van der Waals surface area (Å²) in [5.41, 5.74) is 1.47. The number of ether oxygens (including phenoxy) is 1. The number of nitrogens with zero attached hydrogens (tertiary/aromatic N) is 1. The smallest absolute Gasteiger partial charge is 0.212 e. The molecule has 0 aliphatic carbocycles. The van der Waals surface area contributed by atoms with Crippen LogP contribution >= 0.6 is 0 Å². The topological polar surface area (TPSA) is 22.1 Å².